The average molecular weight is 361 g/mol. The molecule has 0 aliphatic carbocycles. The second-order valence-corrected chi connectivity index (χ2v) is 6.67. The predicted octanol–water partition coefficient (Wildman–Crippen LogP) is 2.39. The fourth-order valence-electron chi connectivity index (χ4n) is 3.37. The third-order valence-corrected chi connectivity index (χ3v) is 4.56. The summed E-state index contributed by atoms with van der Waals surface area (Å²) in [6.45, 7) is 7.08. The maximum atomic E-state index is 12.5. The number of amides is 3. The van der Waals surface area contributed by atoms with Crippen molar-refractivity contribution in [3.63, 3.8) is 0 Å². The monoisotopic (exact) mass is 361 g/mol. The summed E-state index contributed by atoms with van der Waals surface area (Å²) < 4.78 is 11.1. The number of rotatable bonds is 6. The molecule has 7 nitrogen and oxygen atoms in total. The van der Waals surface area contributed by atoms with E-state index in [-0.39, 0.29) is 18.0 Å². The van der Waals surface area contributed by atoms with Gasteiger partial charge in [0.2, 0.25) is 5.91 Å². The minimum absolute atomic E-state index is 0.00418. The van der Waals surface area contributed by atoms with Crippen molar-refractivity contribution in [3.05, 3.63) is 18.2 Å². The van der Waals surface area contributed by atoms with Crippen LogP contribution >= 0.6 is 0 Å². The fourth-order valence-corrected chi connectivity index (χ4v) is 3.37. The first-order valence-corrected chi connectivity index (χ1v) is 9.37. The molecular formula is C19H27N3O4. The number of hydrogen-bond acceptors (Lipinski definition) is 4. The van der Waals surface area contributed by atoms with Gasteiger partial charge in [-0.05, 0) is 25.0 Å². The van der Waals surface area contributed by atoms with E-state index < -0.39 is 0 Å². The number of urea groups is 1. The molecule has 26 heavy (non-hydrogen) atoms. The molecule has 2 heterocycles. The van der Waals surface area contributed by atoms with E-state index in [0.717, 1.165) is 31.6 Å². The van der Waals surface area contributed by atoms with Crippen LogP contribution in [-0.2, 0) is 4.79 Å². The molecule has 3 rings (SSSR count). The molecule has 142 valence electrons. The van der Waals surface area contributed by atoms with Gasteiger partial charge in [-0.25, -0.2) is 4.79 Å². The van der Waals surface area contributed by atoms with Crippen LogP contribution in [-0.4, -0.2) is 55.7 Å². The van der Waals surface area contributed by atoms with E-state index >= 15 is 0 Å². The summed E-state index contributed by atoms with van der Waals surface area (Å²) in [4.78, 5) is 28.4. The maximum absolute atomic E-state index is 12.5. The molecular weight excluding hydrogens is 334 g/mol. The standard InChI is InChI=1S/C19H27N3O4/c1-3-7-21(8-4-2)19(24)20-14-11-18(23)22(13-14)15-5-6-16-17(12-15)26-10-9-25-16/h5-6,12,14H,3-4,7-11,13H2,1-2H3,(H,20,24)/t14-/m1/s1. The fraction of sp³-hybridized carbons (Fsp3) is 0.579. The molecule has 0 aromatic heterocycles. The number of carbonyl (C=O) groups is 2. The predicted molar refractivity (Wildman–Crippen MR) is 98.9 cm³/mol. The zero-order valence-corrected chi connectivity index (χ0v) is 15.5. The van der Waals surface area contributed by atoms with E-state index in [1.165, 1.54) is 0 Å². The van der Waals surface area contributed by atoms with Gasteiger partial charge in [0, 0.05) is 37.8 Å². The minimum Gasteiger partial charge on any atom is -0.486 e. The minimum atomic E-state index is -0.181. The second-order valence-electron chi connectivity index (χ2n) is 6.67. The Bertz CT molecular complexity index is 658. The van der Waals surface area contributed by atoms with E-state index in [0.29, 0.717) is 37.7 Å². The Morgan fingerprint density at radius 3 is 2.58 bits per heavy atom. The van der Waals surface area contributed by atoms with Crippen LogP contribution in [0.1, 0.15) is 33.1 Å². The van der Waals surface area contributed by atoms with Gasteiger partial charge >= 0.3 is 6.03 Å². The lowest BCUT2D eigenvalue weighted by atomic mass is 10.2. The molecule has 1 atom stereocenters. The quantitative estimate of drug-likeness (QED) is 0.845. The largest absolute Gasteiger partial charge is 0.486 e. The highest BCUT2D eigenvalue weighted by Gasteiger charge is 2.33. The molecule has 0 unspecified atom stereocenters. The lowest BCUT2D eigenvalue weighted by Crippen LogP contribution is -2.46. The molecule has 1 aromatic carbocycles. The topological polar surface area (TPSA) is 71.1 Å². The number of carbonyl (C=O) groups excluding carboxylic acids is 2. The lowest BCUT2D eigenvalue weighted by molar-refractivity contribution is -0.117. The van der Waals surface area contributed by atoms with Crippen LogP contribution in [0.5, 0.6) is 11.5 Å². The zero-order valence-electron chi connectivity index (χ0n) is 15.5. The van der Waals surface area contributed by atoms with Crippen LogP contribution in [0.15, 0.2) is 18.2 Å². The highest BCUT2D eigenvalue weighted by atomic mass is 16.6. The molecule has 0 spiro atoms. The van der Waals surface area contributed by atoms with Gasteiger partial charge in [-0.3, -0.25) is 4.79 Å². The highest BCUT2D eigenvalue weighted by molar-refractivity contribution is 5.97. The number of benzene rings is 1. The number of anilines is 1. The van der Waals surface area contributed by atoms with Crippen LogP contribution in [0.25, 0.3) is 0 Å². The van der Waals surface area contributed by atoms with Crippen molar-refractivity contribution in [2.75, 3.05) is 37.7 Å². The third-order valence-electron chi connectivity index (χ3n) is 4.56. The van der Waals surface area contributed by atoms with E-state index in [4.69, 9.17) is 9.47 Å². The normalized spacial score (nSPS) is 18.8. The molecule has 0 bridgehead atoms. The number of fused-ring (bicyclic) bond motifs is 1. The van der Waals surface area contributed by atoms with Crippen LogP contribution in [0.4, 0.5) is 10.5 Å². The van der Waals surface area contributed by atoms with E-state index in [2.05, 4.69) is 19.2 Å². The molecule has 1 fully saturated rings. The Kier molecular flexibility index (Phi) is 5.85. The van der Waals surface area contributed by atoms with Crippen LogP contribution in [0, 0.1) is 0 Å². The van der Waals surface area contributed by atoms with Crippen molar-refractivity contribution in [1.29, 1.82) is 0 Å². The average Bonchev–Trinajstić information content (AvgIpc) is 3.01. The number of ether oxygens (including phenoxy) is 2. The maximum Gasteiger partial charge on any atom is 0.317 e. The Morgan fingerprint density at radius 1 is 1.19 bits per heavy atom. The summed E-state index contributed by atoms with van der Waals surface area (Å²) in [6.07, 6.45) is 2.15. The van der Waals surface area contributed by atoms with E-state index in [1.54, 1.807) is 4.90 Å². The first-order chi connectivity index (χ1) is 12.6. The Balaban J connectivity index is 1.64. The van der Waals surface area contributed by atoms with Crippen LogP contribution in [0.2, 0.25) is 0 Å². The molecule has 1 N–H and O–H groups in total. The van der Waals surface area contributed by atoms with Gasteiger partial charge in [-0.1, -0.05) is 13.8 Å². The Hall–Kier alpha value is -2.44. The van der Waals surface area contributed by atoms with Gasteiger partial charge in [0.25, 0.3) is 0 Å². The van der Waals surface area contributed by atoms with Crippen molar-refractivity contribution < 1.29 is 19.1 Å². The van der Waals surface area contributed by atoms with E-state index in [9.17, 15) is 9.59 Å². The van der Waals surface area contributed by atoms with Gasteiger partial charge in [0.05, 0.1) is 6.04 Å². The van der Waals surface area contributed by atoms with Crippen molar-refractivity contribution in [2.45, 2.75) is 39.2 Å². The SMILES string of the molecule is CCCN(CCC)C(=O)N[C@@H]1CC(=O)N(c2ccc3c(c2)OCCO3)C1. The Labute approximate surface area is 154 Å². The molecule has 2 aliphatic heterocycles. The third kappa shape index (κ3) is 4.03. The summed E-state index contributed by atoms with van der Waals surface area (Å²) in [5, 5.41) is 3.01. The Morgan fingerprint density at radius 2 is 1.88 bits per heavy atom. The van der Waals surface area contributed by atoms with Crippen LogP contribution < -0.4 is 19.7 Å². The molecule has 0 radical (unpaired) electrons. The van der Waals surface area contributed by atoms with Gasteiger partial charge in [-0.2, -0.15) is 0 Å². The van der Waals surface area contributed by atoms with Gasteiger partial charge in [0.15, 0.2) is 11.5 Å². The first-order valence-electron chi connectivity index (χ1n) is 9.37. The second kappa shape index (κ2) is 8.29. The van der Waals surface area contributed by atoms with Gasteiger partial charge < -0.3 is 24.6 Å². The lowest BCUT2D eigenvalue weighted by Gasteiger charge is -2.24. The summed E-state index contributed by atoms with van der Waals surface area (Å²) in [5.74, 6) is 1.36. The van der Waals surface area contributed by atoms with E-state index in [1.807, 2.05) is 23.1 Å². The summed E-state index contributed by atoms with van der Waals surface area (Å²) in [7, 11) is 0. The van der Waals surface area contributed by atoms with Crippen molar-refractivity contribution in [3.8, 4) is 11.5 Å². The number of nitrogens with zero attached hydrogens (tertiary/aromatic N) is 2. The summed E-state index contributed by atoms with van der Waals surface area (Å²) in [6, 6.07) is 5.25. The molecule has 1 aromatic rings. The van der Waals surface area contributed by atoms with Gasteiger partial charge in [0.1, 0.15) is 13.2 Å². The first kappa shape index (κ1) is 18.4. The highest BCUT2D eigenvalue weighted by Crippen LogP contribution is 2.35. The molecule has 7 heteroatoms. The molecule has 0 saturated carbocycles. The summed E-state index contributed by atoms with van der Waals surface area (Å²) in [5.41, 5.74) is 0.773. The van der Waals surface area contributed by atoms with Crippen molar-refractivity contribution in [1.82, 2.24) is 10.2 Å². The number of hydrogen-bond donors (Lipinski definition) is 1. The smallest absolute Gasteiger partial charge is 0.317 e. The molecule has 3 amide bonds. The van der Waals surface area contributed by atoms with Crippen LogP contribution in [0.3, 0.4) is 0 Å². The van der Waals surface area contributed by atoms with Gasteiger partial charge in [-0.15, -0.1) is 0 Å². The van der Waals surface area contributed by atoms with Crippen molar-refractivity contribution in [2.24, 2.45) is 0 Å². The number of nitrogens with one attached hydrogen (secondary N) is 1. The summed E-state index contributed by atoms with van der Waals surface area (Å²) >= 11 is 0. The molecule has 2 aliphatic rings. The van der Waals surface area contributed by atoms with Crippen molar-refractivity contribution >= 4 is 17.6 Å². The zero-order chi connectivity index (χ0) is 18.5. The molecule has 1 saturated heterocycles.